The maximum Gasteiger partial charge on any atom is 0.256 e. The Bertz CT molecular complexity index is 996. The van der Waals surface area contributed by atoms with Crippen molar-refractivity contribution in [3.8, 4) is 5.75 Å². The molecule has 3 aromatic carbocycles. The Morgan fingerprint density at radius 3 is 1.93 bits per heavy atom. The molecule has 0 aliphatic rings. The van der Waals surface area contributed by atoms with Gasteiger partial charge >= 0.3 is 0 Å². The summed E-state index contributed by atoms with van der Waals surface area (Å²) >= 11 is 0. The monoisotopic (exact) mass is 375 g/mol. The normalized spacial score (nSPS) is 12.2. The molecule has 3 rings (SSSR count). The zero-order chi connectivity index (χ0) is 20.7. The predicted molar refractivity (Wildman–Crippen MR) is 117 cm³/mol. The third kappa shape index (κ3) is 3.89. The minimum absolute atomic E-state index is 0.151. The van der Waals surface area contributed by atoms with Crippen molar-refractivity contribution in [3.05, 3.63) is 71.3 Å². The average Bonchev–Trinajstić information content (AvgIpc) is 2.60. The van der Waals surface area contributed by atoms with Crippen LogP contribution in [0.2, 0.25) is 0 Å². The summed E-state index contributed by atoms with van der Waals surface area (Å²) < 4.78 is 0. The molecule has 0 saturated heterocycles. The van der Waals surface area contributed by atoms with E-state index in [0.29, 0.717) is 17.0 Å². The molecule has 28 heavy (non-hydrogen) atoms. The van der Waals surface area contributed by atoms with Crippen LogP contribution in [0.3, 0.4) is 0 Å². The molecule has 3 nitrogen and oxygen atoms in total. The van der Waals surface area contributed by atoms with Gasteiger partial charge in [-0.3, -0.25) is 4.79 Å². The van der Waals surface area contributed by atoms with E-state index in [4.69, 9.17) is 0 Å². The number of aromatic hydroxyl groups is 1. The smallest absolute Gasteiger partial charge is 0.256 e. The van der Waals surface area contributed by atoms with Gasteiger partial charge in [-0.05, 0) is 39.8 Å². The van der Waals surface area contributed by atoms with Gasteiger partial charge in [0.25, 0.3) is 5.91 Å². The standard InChI is InChI=1S/C25H29NO2/c1-24(2,3)20-14-17(15-21(22(20)27)25(4,5)6)26-23(28)19-13-9-11-16-10-7-8-12-18(16)19/h7-15,27H,1-6H3,(H,26,28). The fraction of sp³-hybridized carbons (Fsp3) is 0.320. The Morgan fingerprint density at radius 2 is 1.36 bits per heavy atom. The second kappa shape index (κ2) is 6.97. The minimum atomic E-state index is -0.246. The molecule has 0 fully saturated rings. The molecule has 1 amide bonds. The minimum Gasteiger partial charge on any atom is -0.507 e. The number of amides is 1. The SMILES string of the molecule is CC(C)(C)c1cc(NC(=O)c2cccc3ccccc23)cc(C(C)(C)C)c1O. The first-order chi connectivity index (χ1) is 13.0. The first-order valence-corrected chi connectivity index (χ1v) is 9.65. The molecular formula is C25H29NO2. The van der Waals surface area contributed by atoms with E-state index in [1.54, 1.807) is 0 Å². The summed E-state index contributed by atoms with van der Waals surface area (Å²) in [5, 5.41) is 15.9. The molecular weight excluding hydrogens is 346 g/mol. The third-order valence-corrected chi connectivity index (χ3v) is 5.02. The first-order valence-electron chi connectivity index (χ1n) is 9.65. The topological polar surface area (TPSA) is 49.3 Å². The van der Waals surface area contributed by atoms with Crippen molar-refractivity contribution < 1.29 is 9.90 Å². The number of phenols is 1. The Kier molecular flexibility index (Phi) is 4.97. The van der Waals surface area contributed by atoms with E-state index in [0.717, 1.165) is 21.9 Å². The number of fused-ring (bicyclic) bond motifs is 1. The molecule has 0 radical (unpaired) electrons. The van der Waals surface area contributed by atoms with Crippen molar-refractivity contribution in [2.24, 2.45) is 0 Å². The zero-order valence-electron chi connectivity index (χ0n) is 17.6. The summed E-state index contributed by atoms with van der Waals surface area (Å²) in [6.07, 6.45) is 0. The first kappa shape index (κ1) is 19.9. The lowest BCUT2D eigenvalue weighted by atomic mass is 9.79. The van der Waals surface area contributed by atoms with Gasteiger partial charge in [-0.2, -0.15) is 0 Å². The third-order valence-electron chi connectivity index (χ3n) is 5.02. The Morgan fingerprint density at radius 1 is 0.821 bits per heavy atom. The van der Waals surface area contributed by atoms with Gasteiger partial charge in [0.05, 0.1) is 0 Å². The van der Waals surface area contributed by atoms with E-state index in [9.17, 15) is 9.90 Å². The highest BCUT2D eigenvalue weighted by molar-refractivity contribution is 6.13. The van der Waals surface area contributed by atoms with E-state index in [1.165, 1.54) is 0 Å². The Hall–Kier alpha value is -2.81. The number of carbonyl (C=O) groups is 1. The molecule has 0 atom stereocenters. The van der Waals surface area contributed by atoms with Crippen LogP contribution in [-0.4, -0.2) is 11.0 Å². The molecule has 0 aromatic heterocycles. The second-order valence-electron chi connectivity index (χ2n) is 9.40. The van der Waals surface area contributed by atoms with Gasteiger partial charge in [-0.25, -0.2) is 0 Å². The van der Waals surface area contributed by atoms with Gasteiger partial charge in [-0.1, -0.05) is 77.9 Å². The van der Waals surface area contributed by atoms with Crippen molar-refractivity contribution in [1.29, 1.82) is 0 Å². The maximum atomic E-state index is 13.1. The van der Waals surface area contributed by atoms with Crippen LogP contribution in [0.25, 0.3) is 10.8 Å². The highest BCUT2D eigenvalue weighted by Crippen LogP contribution is 2.41. The van der Waals surface area contributed by atoms with E-state index in [1.807, 2.05) is 54.6 Å². The largest absolute Gasteiger partial charge is 0.507 e. The van der Waals surface area contributed by atoms with Gasteiger partial charge in [0, 0.05) is 22.4 Å². The number of hydrogen-bond acceptors (Lipinski definition) is 2. The van der Waals surface area contributed by atoms with Crippen LogP contribution in [0, 0.1) is 0 Å². The van der Waals surface area contributed by atoms with Crippen LogP contribution in [0.4, 0.5) is 5.69 Å². The lowest BCUT2D eigenvalue weighted by molar-refractivity contribution is 0.102. The van der Waals surface area contributed by atoms with Crippen molar-refractivity contribution >= 4 is 22.4 Å². The van der Waals surface area contributed by atoms with Gasteiger partial charge in [0.1, 0.15) is 5.75 Å². The van der Waals surface area contributed by atoms with Gasteiger partial charge in [0.15, 0.2) is 0 Å². The van der Waals surface area contributed by atoms with Crippen LogP contribution in [0.5, 0.6) is 5.75 Å². The van der Waals surface area contributed by atoms with E-state index >= 15 is 0 Å². The summed E-state index contributed by atoms with van der Waals surface area (Å²) in [4.78, 5) is 13.1. The summed E-state index contributed by atoms with van der Waals surface area (Å²) in [5.74, 6) is 0.158. The number of phenolic OH excluding ortho intramolecular Hbond substituents is 1. The molecule has 2 N–H and O–H groups in total. The maximum absolute atomic E-state index is 13.1. The second-order valence-corrected chi connectivity index (χ2v) is 9.40. The van der Waals surface area contributed by atoms with Crippen molar-refractivity contribution in [2.45, 2.75) is 52.4 Å². The van der Waals surface area contributed by atoms with Gasteiger partial charge in [0.2, 0.25) is 0 Å². The molecule has 3 aromatic rings. The Labute approximate surface area is 167 Å². The number of benzene rings is 3. The number of hydrogen-bond donors (Lipinski definition) is 2. The summed E-state index contributed by atoms with van der Waals surface area (Å²) in [5.41, 5.74) is 2.50. The fourth-order valence-corrected chi connectivity index (χ4v) is 3.47. The molecule has 146 valence electrons. The van der Waals surface area contributed by atoms with E-state index in [-0.39, 0.29) is 16.7 Å². The molecule has 0 heterocycles. The molecule has 3 heteroatoms. The summed E-state index contributed by atoms with van der Waals surface area (Å²) in [6, 6.07) is 17.4. The van der Waals surface area contributed by atoms with E-state index in [2.05, 4.69) is 46.9 Å². The van der Waals surface area contributed by atoms with Crippen LogP contribution in [0.1, 0.15) is 63.0 Å². The number of nitrogens with one attached hydrogen (secondary N) is 1. The quantitative estimate of drug-likeness (QED) is 0.510. The number of anilines is 1. The molecule has 0 spiro atoms. The number of rotatable bonds is 2. The van der Waals surface area contributed by atoms with Crippen molar-refractivity contribution in [3.63, 3.8) is 0 Å². The highest BCUT2D eigenvalue weighted by atomic mass is 16.3. The molecule has 0 aliphatic carbocycles. The molecule has 0 saturated carbocycles. The van der Waals surface area contributed by atoms with Crippen LogP contribution >= 0.6 is 0 Å². The Balaban J connectivity index is 2.07. The fourth-order valence-electron chi connectivity index (χ4n) is 3.47. The summed E-state index contributed by atoms with van der Waals surface area (Å²) in [7, 11) is 0. The average molecular weight is 376 g/mol. The van der Waals surface area contributed by atoms with Crippen LogP contribution in [0.15, 0.2) is 54.6 Å². The lowest BCUT2D eigenvalue weighted by Gasteiger charge is -2.28. The van der Waals surface area contributed by atoms with Crippen LogP contribution in [-0.2, 0) is 10.8 Å². The molecule has 0 bridgehead atoms. The predicted octanol–water partition coefficient (Wildman–Crippen LogP) is 6.39. The van der Waals surface area contributed by atoms with Gasteiger partial charge in [-0.15, -0.1) is 0 Å². The number of carbonyl (C=O) groups excluding carboxylic acids is 1. The van der Waals surface area contributed by atoms with Crippen molar-refractivity contribution in [2.75, 3.05) is 5.32 Å². The van der Waals surface area contributed by atoms with Gasteiger partial charge < -0.3 is 10.4 Å². The molecule has 0 aliphatic heterocycles. The zero-order valence-corrected chi connectivity index (χ0v) is 17.6. The molecule has 0 unspecified atom stereocenters. The van der Waals surface area contributed by atoms with Crippen molar-refractivity contribution in [1.82, 2.24) is 0 Å². The van der Waals surface area contributed by atoms with E-state index < -0.39 is 0 Å². The lowest BCUT2D eigenvalue weighted by Crippen LogP contribution is -2.19. The summed E-state index contributed by atoms with van der Waals surface area (Å²) in [6.45, 7) is 12.4. The highest BCUT2D eigenvalue weighted by Gasteiger charge is 2.27. The van der Waals surface area contributed by atoms with Crippen LogP contribution < -0.4 is 5.32 Å².